The van der Waals surface area contributed by atoms with Crippen molar-refractivity contribution in [2.75, 3.05) is 19.8 Å². The van der Waals surface area contributed by atoms with E-state index in [1.807, 2.05) is 0 Å². The molecule has 0 fully saturated rings. The molecular weight excluding hydrogens is 235 g/mol. The second-order valence-corrected chi connectivity index (χ2v) is 1.79. The number of carboxylic acid groups (broad SMARTS) is 1. The van der Waals surface area contributed by atoms with Crippen molar-refractivity contribution in [2.24, 2.45) is 11.5 Å². The average Bonchev–Trinajstić information content (AvgIpc) is 1.88. The van der Waals surface area contributed by atoms with Crippen LogP contribution in [-0.2, 0) is 26.6 Å². The van der Waals surface area contributed by atoms with E-state index in [1.54, 1.807) is 0 Å². The Hall–Kier alpha value is 0.159. The fourth-order valence-corrected chi connectivity index (χ4v) is 0.362. The van der Waals surface area contributed by atoms with Crippen molar-refractivity contribution in [1.82, 2.24) is 0 Å². The summed E-state index contributed by atoms with van der Waals surface area (Å²) in [5, 5.41) is 9.95. The number of aliphatic carboxylic acids is 1. The van der Waals surface area contributed by atoms with Gasteiger partial charge in [0.05, 0.1) is 25.2 Å². The van der Waals surface area contributed by atoms with Crippen molar-refractivity contribution in [3.05, 3.63) is 0 Å². The summed E-state index contributed by atoms with van der Waals surface area (Å²) in [5.74, 6) is -1.31. The van der Waals surface area contributed by atoms with Gasteiger partial charge in [-0.2, -0.15) is 0 Å². The largest absolute Gasteiger partial charge is 2.00 e. The SMILES string of the molecule is NCCOC[C@H](N)C(=O)[O-].[Cl-].[Cu+2]. The smallest absolute Gasteiger partial charge is 1.00 e. The average molecular weight is 246 g/mol. The number of carboxylic acids is 1. The summed E-state index contributed by atoms with van der Waals surface area (Å²) >= 11 is 0. The van der Waals surface area contributed by atoms with Crippen molar-refractivity contribution in [3.8, 4) is 0 Å². The van der Waals surface area contributed by atoms with Crippen LogP contribution in [-0.4, -0.2) is 31.8 Å². The van der Waals surface area contributed by atoms with Crippen LogP contribution in [0.1, 0.15) is 0 Å². The number of ether oxygens (including phenoxy) is 1. The van der Waals surface area contributed by atoms with Gasteiger partial charge in [-0.15, -0.1) is 0 Å². The van der Waals surface area contributed by atoms with Gasteiger partial charge in [0, 0.05) is 6.54 Å². The van der Waals surface area contributed by atoms with Crippen LogP contribution in [0.2, 0.25) is 0 Å². The molecule has 0 aliphatic carbocycles. The third-order valence-corrected chi connectivity index (χ3v) is 0.862. The summed E-state index contributed by atoms with van der Waals surface area (Å²) in [6, 6.07) is -1.05. The van der Waals surface area contributed by atoms with E-state index in [0.29, 0.717) is 13.2 Å². The van der Waals surface area contributed by atoms with Crippen LogP contribution in [0.25, 0.3) is 0 Å². The third-order valence-electron chi connectivity index (χ3n) is 0.862. The summed E-state index contributed by atoms with van der Waals surface area (Å²) in [7, 11) is 0. The normalized spacial score (nSPS) is 10.8. The van der Waals surface area contributed by atoms with Crippen LogP contribution >= 0.6 is 0 Å². The Balaban J connectivity index is -0.000000405. The molecule has 0 aliphatic heterocycles. The minimum absolute atomic E-state index is 0. The first-order valence-electron chi connectivity index (χ1n) is 2.92. The van der Waals surface area contributed by atoms with Crippen molar-refractivity contribution in [3.63, 3.8) is 0 Å². The molecule has 4 N–H and O–H groups in total. The van der Waals surface area contributed by atoms with Crippen LogP contribution in [0.3, 0.4) is 0 Å². The molecule has 0 spiro atoms. The first-order chi connectivity index (χ1) is 4.68. The van der Waals surface area contributed by atoms with Crippen molar-refractivity contribution in [1.29, 1.82) is 0 Å². The van der Waals surface area contributed by atoms with Crippen molar-refractivity contribution in [2.45, 2.75) is 6.04 Å². The van der Waals surface area contributed by atoms with Gasteiger partial charge >= 0.3 is 17.1 Å². The van der Waals surface area contributed by atoms with E-state index < -0.39 is 12.0 Å². The first-order valence-corrected chi connectivity index (χ1v) is 2.92. The maximum absolute atomic E-state index is 9.95. The Bertz CT molecular complexity index is 117. The van der Waals surface area contributed by atoms with Crippen LogP contribution in [0.4, 0.5) is 0 Å². The maximum Gasteiger partial charge on any atom is 2.00 e. The van der Waals surface area contributed by atoms with Gasteiger partial charge < -0.3 is 38.5 Å². The molecule has 0 aromatic heterocycles. The zero-order valence-corrected chi connectivity index (χ0v) is 7.96. The molecule has 77 valence electrons. The predicted molar refractivity (Wildman–Crippen MR) is 32.9 cm³/mol. The molecule has 0 unspecified atom stereocenters. The molecule has 0 aliphatic rings. The molecule has 0 rings (SSSR count). The number of rotatable bonds is 5. The minimum atomic E-state index is -1.31. The molecule has 0 saturated carbocycles. The number of carbonyl (C=O) groups excluding carboxylic acids is 1. The summed E-state index contributed by atoms with van der Waals surface area (Å²) < 4.78 is 4.74. The van der Waals surface area contributed by atoms with Crippen LogP contribution < -0.4 is 29.0 Å². The molecule has 12 heavy (non-hydrogen) atoms. The van der Waals surface area contributed by atoms with E-state index in [1.165, 1.54) is 0 Å². The third kappa shape index (κ3) is 10.2. The van der Waals surface area contributed by atoms with Crippen LogP contribution in [0, 0.1) is 0 Å². The maximum atomic E-state index is 9.95. The van der Waals surface area contributed by atoms with Gasteiger partial charge in [-0.25, -0.2) is 0 Å². The summed E-state index contributed by atoms with van der Waals surface area (Å²) in [5.41, 5.74) is 10.1. The number of hydrogen-bond donors (Lipinski definition) is 2. The molecule has 5 nitrogen and oxygen atoms in total. The second kappa shape index (κ2) is 11.2. The van der Waals surface area contributed by atoms with Gasteiger partial charge in [0.15, 0.2) is 0 Å². The molecule has 0 heterocycles. The van der Waals surface area contributed by atoms with E-state index in [-0.39, 0.29) is 36.1 Å². The Labute approximate surface area is 87.7 Å². The molecule has 1 radical (unpaired) electrons. The van der Waals surface area contributed by atoms with Gasteiger partial charge in [0.1, 0.15) is 0 Å². The molecule has 0 aromatic carbocycles. The number of halogens is 1. The second-order valence-electron chi connectivity index (χ2n) is 1.79. The standard InChI is InChI=1S/C5H12N2O3.ClH.Cu/c6-1-2-10-3-4(7)5(8)9;;/h4H,1-3,6-7H2,(H,8,9);1H;/q;;+2/p-2/t4-;;/m0../s1. The molecule has 0 bridgehead atoms. The number of carbonyl (C=O) groups is 1. The van der Waals surface area contributed by atoms with Gasteiger partial charge in [-0.1, -0.05) is 0 Å². The van der Waals surface area contributed by atoms with E-state index in [9.17, 15) is 9.90 Å². The van der Waals surface area contributed by atoms with Crippen molar-refractivity contribution >= 4 is 5.97 Å². The van der Waals surface area contributed by atoms with E-state index in [0.717, 1.165) is 0 Å². The molecule has 0 saturated heterocycles. The predicted octanol–water partition coefficient (Wildman–Crippen LogP) is -5.96. The topological polar surface area (TPSA) is 101 Å². The minimum Gasteiger partial charge on any atom is -1.00 e. The molecule has 7 heteroatoms. The molecule has 0 amide bonds. The monoisotopic (exact) mass is 245 g/mol. The van der Waals surface area contributed by atoms with Gasteiger partial charge in [0.2, 0.25) is 0 Å². The number of hydrogen-bond acceptors (Lipinski definition) is 5. The summed E-state index contributed by atoms with van der Waals surface area (Å²) in [6.07, 6.45) is 0. The summed E-state index contributed by atoms with van der Waals surface area (Å²) in [6.45, 7) is 0.639. The molecule has 0 aromatic rings. The Morgan fingerprint density at radius 2 is 2.08 bits per heavy atom. The molecule has 1 atom stereocenters. The van der Waals surface area contributed by atoms with Crippen LogP contribution in [0.5, 0.6) is 0 Å². The van der Waals surface area contributed by atoms with E-state index >= 15 is 0 Å². The first kappa shape index (κ1) is 18.0. The zero-order valence-electron chi connectivity index (χ0n) is 6.26. The fraction of sp³-hybridized carbons (Fsp3) is 0.800. The quantitative estimate of drug-likeness (QED) is 0.371. The number of nitrogens with two attached hydrogens (primary N) is 2. The zero-order chi connectivity index (χ0) is 7.98. The Kier molecular flexibility index (Phi) is 16.8. The van der Waals surface area contributed by atoms with Gasteiger partial charge in [-0.05, 0) is 0 Å². The Morgan fingerprint density at radius 1 is 1.58 bits per heavy atom. The van der Waals surface area contributed by atoms with Crippen molar-refractivity contribution < 1.29 is 44.1 Å². The van der Waals surface area contributed by atoms with E-state index in [4.69, 9.17) is 16.2 Å². The Morgan fingerprint density at radius 3 is 2.42 bits per heavy atom. The fourth-order valence-electron chi connectivity index (χ4n) is 0.362. The van der Waals surface area contributed by atoms with Gasteiger partial charge in [0.25, 0.3) is 0 Å². The molecular formula is C5H11ClCuN2O3. The van der Waals surface area contributed by atoms with Gasteiger partial charge in [-0.3, -0.25) is 0 Å². The van der Waals surface area contributed by atoms with Crippen LogP contribution in [0.15, 0.2) is 0 Å². The van der Waals surface area contributed by atoms with E-state index in [2.05, 4.69) is 0 Å². The summed E-state index contributed by atoms with van der Waals surface area (Å²) in [4.78, 5) is 9.95.